The first kappa shape index (κ1) is 15.1. The van der Waals surface area contributed by atoms with Crippen LogP contribution in [0.3, 0.4) is 0 Å². The van der Waals surface area contributed by atoms with Gasteiger partial charge in [-0.3, -0.25) is 4.79 Å². The highest BCUT2D eigenvalue weighted by atomic mass is 16.2. The van der Waals surface area contributed by atoms with E-state index >= 15 is 0 Å². The number of carbonyl (C=O) groups is 1. The smallest absolute Gasteiger partial charge is 0.253 e. The molecule has 0 radical (unpaired) electrons. The molecule has 0 bridgehead atoms. The predicted molar refractivity (Wildman–Crippen MR) is 87.7 cm³/mol. The summed E-state index contributed by atoms with van der Waals surface area (Å²) in [5.41, 5.74) is 5.33. The first-order valence-corrected chi connectivity index (χ1v) is 7.09. The topological polar surface area (TPSA) is 32.3 Å². The Balaban J connectivity index is 2.16. The van der Waals surface area contributed by atoms with Crippen molar-refractivity contribution in [1.82, 2.24) is 4.90 Å². The largest absolute Gasteiger partial charge is 0.381 e. The van der Waals surface area contributed by atoms with Gasteiger partial charge < -0.3 is 10.2 Å². The molecule has 21 heavy (non-hydrogen) atoms. The number of hydrogen-bond acceptors (Lipinski definition) is 2. The van der Waals surface area contributed by atoms with Crippen LogP contribution < -0.4 is 5.32 Å². The van der Waals surface area contributed by atoms with Gasteiger partial charge in [0.05, 0.1) is 0 Å². The molecule has 1 N–H and O–H groups in total. The molecular weight excluding hydrogens is 260 g/mol. The van der Waals surface area contributed by atoms with Crippen molar-refractivity contribution in [2.24, 2.45) is 0 Å². The number of anilines is 1. The summed E-state index contributed by atoms with van der Waals surface area (Å²) in [5.74, 6) is 0.0219. The third-order valence-corrected chi connectivity index (χ3v) is 3.46. The Kier molecular flexibility index (Phi) is 4.63. The standard InChI is InChI=1S/C18H22N2O/c1-13-6-5-7-15(10-13)12-19-17-11-16(9-8-14(17)2)18(21)20(3)4/h5-11,19H,12H2,1-4H3. The molecule has 0 fully saturated rings. The normalized spacial score (nSPS) is 10.3. The number of nitrogens with zero attached hydrogens (tertiary/aromatic N) is 1. The van der Waals surface area contributed by atoms with Crippen molar-refractivity contribution in [2.75, 3.05) is 19.4 Å². The Labute approximate surface area is 126 Å². The van der Waals surface area contributed by atoms with E-state index in [1.165, 1.54) is 11.1 Å². The molecule has 0 aliphatic rings. The number of rotatable bonds is 4. The Morgan fingerprint density at radius 2 is 1.86 bits per heavy atom. The summed E-state index contributed by atoms with van der Waals surface area (Å²) in [5, 5.41) is 3.42. The zero-order chi connectivity index (χ0) is 15.4. The van der Waals surface area contributed by atoms with Crippen molar-refractivity contribution in [1.29, 1.82) is 0 Å². The number of aryl methyl sites for hydroxylation is 2. The first-order valence-electron chi connectivity index (χ1n) is 7.09. The van der Waals surface area contributed by atoms with E-state index in [2.05, 4.69) is 36.5 Å². The third kappa shape index (κ3) is 3.85. The second kappa shape index (κ2) is 6.44. The Hall–Kier alpha value is -2.29. The minimum absolute atomic E-state index is 0.0219. The number of hydrogen-bond donors (Lipinski definition) is 1. The first-order chi connectivity index (χ1) is 9.97. The summed E-state index contributed by atoms with van der Waals surface area (Å²) in [4.78, 5) is 13.6. The second-order valence-electron chi connectivity index (χ2n) is 5.57. The molecule has 0 spiro atoms. The van der Waals surface area contributed by atoms with Gasteiger partial charge in [0.1, 0.15) is 0 Å². The van der Waals surface area contributed by atoms with Crippen LogP contribution in [-0.2, 0) is 6.54 Å². The molecule has 0 saturated carbocycles. The lowest BCUT2D eigenvalue weighted by atomic mass is 10.1. The zero-order valence-corrected chi connectivity index (χ0v) is 13.1. The average molecular weight is 282 g/mol. The van der Waals surface area contributed by atoms with E-state index in [0.717, 1.165) is 17.8 Å². The van der Waals surface area contributed by atoms with Crippen LogP contribution in [0, 0.1) is 13.8 Å². The van der Waals surface area contributed by atoms with Crippen LogP contribution in [-0.4, -0.2) is 24.9 Å². The summed E-state index contributed by atoms with van der Waals surface area (Å²) in [7, 11) is 3.53. The Bertz CT molecular complexity index is 647. The maximum Gasteiger partial charge on any atom is 0.253 e. The van der Waals surface area contributed by atoms with E-state index in [4.69, 9.17) is 0 Å². The molecule has 2 rings (SSSR count). The van der Waals surface area contributed by atoms with E-state index < -0.39 is 0 Å². The summed E-state index contributed by atoms with van der Waals surface area (Å²) in [6.45, 7) is 4.88. The third-order valence-electron chi connectivity index (χ3n) is 3.46. The van der Waals surface area contributed by atoms with Crippen molar-refractivity contribution >= 4 is 11.6 Å². The number of carbonyl (C=O) groups excluding carboxylic acids is 1. The molecule has 0 unspecified atom stereocenters. The highest BCUT2D eigenvalue weighted by Crippen LogP contribution is 2.19. The van der Waals surface area contributed by atoms with E-state index in [1.54, 1.807) is 19.0 Å². The average Bonchev–Trinajstić information content (AvgIpc) is 2.45. The van der Waals surface area contributed by atoms with Gasteiger partial charge in [0.15, 0.2) is 0 Å². The minimum atomic E-state index is 0.0219. The molecule has 1 amide bonds. The van der Waals surface area contributed by atoms with Gasteiger partial charge in [0.25, 0.3) is 5.91 Å². The van der Waals surface area contributed by atoms with E-state index in [9.17, 15) is 4.79 Å². The van der Waals surface area contributed by atoms with Crippen LogP contribution in [0.15, 0.2) is 42.5 Å². The van der Waals surface area contributed by atoms with Gasteiger partial charge in [-0.15, -0.1) is 0 Å². The molecule has 2 aromatic carbocycles. The highest BCUT2D eigenvalue weighted by Gasteiger charge is 2.09. The van der Waals surface area contributed by atoms with Crippen LogP contribution in [0.4, 0.5) is 5.69 Å². The SMILES string of the molecule is Cc1cccc(CNc2cc(C(=O)N(C)C)ccc2C)c1. The van der Waals surface area contributed by atoms with Gasteiger partial charge >= 0.3 is 0 Å². The molecule has 0 atom stereocenters. The predicted octanol–water partition coefficient (Wildman–Crippen LogP) is 3.62. The fourth-order valence-electron chi connectivity index (χ4n) is 2.22. The highest BCUT2D eigenvalue weighted by molar-refractivity contribution is 5.95. The van der Waals surface area contributed by atoms with Crippen LogP contribution in [0.1, 0.15) is 27.0 Å². The Morgan fingerprint density at radius 1 is 1.10 bits per heavy atom. The lowest BCUT2D eigenvalue weighted by Crippen LogP contribution is -2.21. The van der Waals surface area contributed by atoms with Crippen molar-refractivity contribution in [3.05, 3.63) is 64.7 Å². The van der Waals surface area contributed by atoms with E-state index in [1.807, 2.05) is 25.1 Å². The summed E-state index contributed by atoms with van der Waals surface area (Å²) in [6.07, 6.45) is 0. The second-order valence-corrected chi connectivity index (χ2v) is 5.57. The quantitative estimate of drug-likeness (QED) is 0.929. The van der Waals surface area contributed by atoms with E-state index in [-0.39, 0.29) is 5.91 Å². The fraction of sp³-hybridized carbons (Fsp3) is 0.278. The van der Waals surface area contributed by atoms with Crippen molar-refractivity contribution < 1.29 is 4.79 Å². The maximum atomic E-state index is 12.0. The van der Waals surface area contributed by atoms with Crippen LogP contribution in [0.5, 0.6) is 0 Å². The fourth-order valence-corrected chi connectivity index (χ4v) is 2.22. The number of benzene rings is 2. The van der Waals surface area contributed by atoms with Gasteiger partial charge in [-0.1, -0.05) is 35.9 Å². The molecule has 3 nitrogen and oxygen atoms in total. The molecule has 0 aliphatic heterocycles. The van der Waals surface area contributed by atoms with Crippen molar-refractivity contribution in [2.45, 2.75) is 20.4 Å². The van der Waals surface area contributed by atoms with E-state index in [0.29, 0.717) is 5.56 Å². The number of amides is 1. The monoisotopic (exact) mass is 282 g/mol. The summed E-state index contributed by atoms with van der Waals surface area (Å²) in [6, 6.07) is 14.2. The summed E-state index contributed by atoms with van der Waals surface area (Å²) < 4.78 is 0. The summed E-state index contributed by atoms with van der Waals surface area (Å²) >= 11 is 0. The van der Waals surface area contributed by atoms with Crippen LogP contribution in [0.25, 0.3) is 0 Å². The minimum Gasteiger partial charge on any atom is -0.381 e. The number of nitrogens with one attached hydrogen (secondary N) is 1. The molecule has 0 heterocycles. The molecule has 3 heteroatoms. The zero-order valence-electron chi connectivity index (χ0n) is 13.1. The molecule has 0 aliphatic carbocycles. The lowest BCUT2D eigenvalue weighted by Gasteiger charge is -2.14. The molecule has 2 aromatic rings. The molecule has 0 aromatic heterocycles. The maximum absolute atomic E-state index is 12.0. The van der Waals surface area contributed by atoms with Crippen molar-refractivity contribution in [3.63, 3.8) is 0 Å². The lowest BCUT2D eigenvalue weighted by molar-refractivity contribution is 0.0827. The van der Waals surface area contributed by atoms with Crippen molar-refractivity contribution in [3.8, 4) is 0 Å². The van der Waals surface area contributed by atoms with Gasteiger partial charge in [0, 0.05) is 31.9 Å². The van der Waals surface area contributed by atoms with Gasteiger partial charge in [-0.05, 0) is 37.1 Å². The van der Waals surface area contributed by atoms with Gasteiger partial charge in [0.2, 0.25) is 0 Å². The van der Waals surface area contributed by atoms with Gasteiger partial charge in [-0.25, -0.2) is 0 Å². The molecule has 110 valence electrons. The molecule has 0 saturated heterocycles. The van der Waals surface area contributed by atoms with Crippen LogP contribution in [0.2, 0.25) is 0 Å². The Morgan fingerprint density at radius 3 is 2.52 bits per heavy atom. The van der Waals surface area contributed by atoms with Gasteiger partial charge in [-0.2, -0.15) is 0 Å². The van der Waals surface area contributed by atoms with Crippen LogP contribution >= 0.6 is 0 Å². The molecular formula is C18H22N2O.